The summed E-state index contributed by atoms with van der Waals surface area (Å²) in [4.78, 5) is 37.8. The standard InChI is InChI=1S/C21H23FN2O4/c1-3-24(4-2)21(27)16-8-6-10-18(13-16)23-19(25)14-28-20(26)12-15-7-5-9-17(22)11-15/h5-11,13H,3-4,12,14H2,1-2H3,(H,23,25). The van der Waals surface area contributed by atoms with Crippen molar-refractivity contribution in [2.75, 3.05) is 25.0 Å². The first-order valence-electron chi connectivity index (χ1n) is 9.02. The highest BCUT2D eigenvalue weighted by Crippen LogP contribution is 2.13. The first-order chi connectivity index (χ1) is 13.4. The fourth-order valence-corrected chi connectivity index (χ4v) is 2.63. The van der Waals surface area contributed by atoms with Crippen LogP contribution in [-0.2, 0) is 20.7 Å². The predicted molar refractivity (Wildman–Crippen MR) is 103 cm³/mol. The molecule has 0 bridgehead atoms. The topological polar surface area (TPSA) is 75.7 Å². The Labute approximate surface area is 163 Å². The maximum Gasteiger partial charge on any atom is 0.310 e. The number of hydrogen-bond acceptors (Lipinski definition) is 4. The number of esters is 1. The van der Waals surface area contributed by atoms with E-state index in [1.54, 1.807) is 35.2 Å². The number of carbonyl (C=O) groups is 3. The van der Waals surface area contributed by atoms with Gasteiger partial charge in [-0.2, -0.15) is 0 Å². The molecule has 0 fully saturated rings. The SMILES string of the molecule is CCN(CC)C(=O)c1cccc(NC(=O)COC(=O)Cc2cccc(F)c2)c1. The number of benzene rings is 2. The summed E-state index contributed by atoms with van der Waals surface area (Å²) in [5.41, 5.74) is 1.36. The minimum atomic E-state index is -0.633. The van der Waals surface area contributed by atoms with Crippen LogP contribution in [0.1, 0.15) is 29.8 Å². The van der Waals surface area contributed by atoms with Gasteiger partial charge in [-0.1, -0.05) is 18.2 Å². The third-order valence-electron chi connectivity index (χ3n) is 4.05. The Hall–Kier alpha value is -3.22. The molecule has 7 heteroatoms. The maximum atomic E-state index is 13.1. The molecule has 0 heterocycles. The van der Waals surface area contributed by atoms with Gasteiger partial charge >= 0.3 is 5.97 Å². The summed E-state index contributed by atoms with van der Waals surface area (Å²) >= 11 is 0. The van der Waals surface area contributed by atoms with Crippen molar-refractivity contribution in [3.8, 4) is 0 Å². The van der Waals surface area contributed by atoms with Gasteiger partial charge in [0.15, 0.2) is 6.61 Å². The lowest BCUT2D eigenvalue weighted by molar-refractivity contribution is -0.146. The van der Waals surface area contributed by atoms with Gasteiger partial charge < -0.3 is 15.0 Å². The number of hydrogen-bond donors (Lipinski definition) is 1. The highest BCUT2D eigenvalue weighted by atomic mass is 19.1. The van der Waals surface area contributed by atoms with E-state index in [9.17, 15) is 18.8 Å². The Bertz CT molecular complexity index is 850. The van der Waals surface area contributed by atoms with Crippen LogP contribution < -0.4 is 5.32 Å². The van der Waals surface area contributed by atoms with Gasteiger partial charge in [0.1, 0.15) is 5.82 Å². The number of halogens is 1. The molecule has 148 valence electrons. The summed E-state index contributed by atoms with van der Waals surface area (Å²) in [7, 11) is 0. The number of rotatable bonds is 8. The Balaban J connectivity index is 1.88. The van der Waals surface area contributed by atoms with Crippen molar-refractivity contribution in [1.82, 2.24) is 4.90 Å². The highest BCUT2D eigenvalue weighted by molar-refractivity contribution is 5.97. The molecule has 0 aromatic heterocycles. The smallest absolute Gasteiger partial charge is 0.310 e. The number of anilines is 1. The summed E-state index contributed by atoms with van der Waals surface area (Å²) in [5, 5.41) is 2.59. The average Bonchev–Trinajstić information content (AvgIpc) is 2.67. The third kappa shape index (κ3) is 6.19. The second-order valence-electron chi connectivity index (χ2n) is 6.07. The molecule has 0 atom stereocenters. The molecule has 6 nitrogen and oxygen atoms in total. The van der Waals surface area contributed by atoms with E-state index in [-0.39, 0.29) is 12.3 Å². The van der Waals surface area contributed by atoms with Gasteiger partial charge in [-0.05, 0) is 49.7 Å². The summed E-state index contributed by atoms with van der Waals surface area (Å²) in [6.07, 6.45) is -0.126. The van der Waals surface area contributed by atoms with Crippen molar-refractivity contribution in [1.29, 1.82) is 0 Å². The Morgan fingerprint density at radius 1 is 1.04 bits per heavy atom. The monoisotopic (exact) mass is 386 g/mol. The van der Waals surface area contributed by atoms with Crippen LogP contribution in [0.25, 0.3) is 0 Å². The van der Waals surface area contributed by atoms with Crippen molar-refractivity contribution in [2.24, 2.45) is 0 Å². The predicted octanol–water partition coefficient (Wildman–Crippen LogP) is 3.03. The molecular formula is C21H23FN2O4. The molecule has 0 saturated carbocycles. The lowest BCUT2D eigenvalue weighted by Gasteiger charge is -2.19. The second-order valence-corrected chi connectivity index (χ2v) is 6.07. The Morgan fingerprint density at radius 2 is 1.75 bits per heavy atom. The van der Waals surface area contributed by atoms with Gasteiger partial charge in [0, 0.05) is 24.3 Å². The summed E-state index contributed by atoms with van der Waals surface area (Å²) in [6.45, 7) is 4.50. The average molecular weight is 386 g/mol. The van der Waals surface area contributed by atoms with Crippen LogP contribution in [0.5, 0.6) is 0 Å². The maximum absolute atomic E-state index is 13.1. The number of nitrogens with zero attached hydrogens (tertiary/aromatic N) is 1. The van der Waals surface area contributed by atoms with Crippen LogP contribution in [0.4, 0.5) is 10.1 Å². The molecular weight excluding hydrogens is 363 g/mol. The van der Waals surface area contributed by atoms with E-state index in [4.69, 9.17) is 4.74 Å². The molecule has 0 aliphatic rings. The van der Waals surface area contributed by atoms with Gasteiger partial charge in [0.05, 0.1) is 6.42 Å². The highest BCUT2D eigenvalue weighted by Gasteiger charge is 2.14. The van der Waals surface area contributed by atoms with Crippen LogP contribution >= 0.6 is 0 Å². The minimum Gasteiger partial charge on any atom is -0.455 e. The number of amides is 2. The molecule has 0 aliphatic carbocycles. The van der Waals surface area contributed by atoms with E-state index >= 15 is 0 Å². The quantitative estimate of drug-likeness (QED) is 0.708. The second kappa shape index (κ2) is 10.2. The van der Waals surface area contributed by atoms with E-state index in [1.165, 1.54) is 18.2 Å². The van der Waals surface area contributed by atoms with Gasteiger partial charge in [-0.3, -0.25) is 14.4 Å². The molecule has 2 rings (SSSR count). The minimum absolute atomic E-state index is 0.123. The Kier molecular flexibility index (Phi) is 7.68. The third-order valence-corrected chi connectivity index (χ3v) is 4.05. The largest absolute Gasteiger partial charge is 0.455 e. The number of carbonyl (C=O) groups excluding carboxylic acids is 3. The fraction of sp³-hybridized carbons (Fsp3) is 0.286. The van der Waals surface area contributed by atoms with E-state index in [2.05, 4.69) is 5.32 Å². The first kappa shape index (κ1) is 21.1. The first-order valence-corrected chi connectivity index (χ1v) is 9.02. The molecule has 0 unspecified atom stereocenters. The van der Waals surface area contributed by atoms with E-state index in [0.717, 1.165) is 0 Å². The molecule has 0 saturated heterocycles. The van der Waals surface area contributed by atoms with Crippen LogP contribution in [0.3, 0.4) is 0 Å². The van der Waals surface area contributed by atoms with E-state index in [1.807, 2.05) is 13.8 Å². The van der Waals surface area contributed by atoms with Crippen LogP contribution in [0, 0.1) is 5.82 Å². The molecule has 2 aromatic carbocycles. The summed E-state index contributed by atoms with van der Waals surface area (Å²) in [6, 6.07) is 12.2. The van der Waals surface area contributed by atoms with Crippen molar-refractivity contribution in [3.63, 3.8) is 0 Å². The molecule has 0 radical (unpaired) electrons. The van der Waals surface area contributed by atoms with Crippen LogP contribution in [0.2, 0.25) is 0 Å². The molecule has 0 spiro atoms. The molecule has 2 amide bonds. The zero-order valence-electron chi connectivity index (χ0n) is 15.9. The van der Waals surface area contributed by atoms with Gasteiger partial charge in [-0.25, -0.2) is 4.39 Å². The summed E-state index contributed by atoms with van der Waals surface area (Å²) in [5.74, 6) is -1.73. The number of ether oxygens (including phenoxy) is 1. The van der Waals surface area contributed by atoms with Crippen molar-refractivity contribution in [3.05, 3.63) is 65.5 Å². The van der Waals surface area contributed by atoms with Gasteiger partial charge in [0.2, 0.25) is 0 Å². The zero-order chi connectivity index (χ0) is 20.5. The summed E-state index contributed by atoms with van der Waals surface area (Å²) < 4.78 is 18.0. The fourth-order valence-electron chi connectivity index (χ4n) is 2.63. The van der Waals surface area contributed by atoms with Crippen molar-refractivity contribution in [2.45, 2.75) is 20.3 Å². The number of nitrogens with one attached hydrogen (secondary N) is 1. The van der Waals surface area contributed by atoms with Crippen LogP contribution in [0.15, 0.2) is 48.5 Å². The van der Waals surface area contributed by atoms with Crippen LogP contribution in [-0.4, -0.2) is 42.4 Å². The van der Waals surface area contributed by atoms with Crippen molar-refractivity contribution >= 4 is 23.5 Å². The Morgan fingerprint density at radius 3 is 2.43 bits per heavy atom. The lowest BCUT2D eigenvalue weighted by atomic mass is 10.1. The zero-order valence-corrected chi connectivity index (χ0v) is 15.9. The molecule has 0 aliphatic heterocycles. The normalized spacial score (nSPS) is 10.2. The molecule has 2 aromatic rings. The van der Waals surface area contributed by atoms with Crippen molar-refractivity contribution < 1.29 is 23.5 Å². The van der Waals surface area contributed by atoms with E-state index in [0.29, 0.717) is 29.9 Å². The molecule has 1 N–H and O–H groups in total. The van der Waals surface area contributed by atoms with E-state index < -0.39 is 24.3 Å². The van der Waals surface area contributed by atoms with Gasteiger partial charge in [-0.15, -0.1) is 0 Å². The van der Waals surface area contributed by atoms with Gasteiger partial charge in [0.25, 0.3) is 11.8 Å². The molecule has 28 heavy (non-hydrogen) atoms. The lowest BCUT2D eigenvalue weighted by Crippen LogP contribution is -2.30.